The third kappa shape index (κ3) is 3.16. The molecular formula is C12H11FN4O3. The Bertz CT molecular complexity index is 636. The van der Waals surface area contributed by atoms with Crippen LogP contribution in [0.25, 0.3) is 0 Å². The third-order valence-electron chi connectivity index (χ3n) is 2.30. The van der Waals surface area contributed by atoms with Gasteiger partial charge in [0, 0.05) is 18.7 Å². The van der Waals surface area contributed by atoms with Crippen LogP contribution in [0, 0.1) is 15.9 Å². The molecule has 20 heavy (non-hydrogen) atoms. The summed E-state index contributed by atoms with van der Waals surface area (Å²) in [6.45, 7) is 2.52. The van der Waals surface area contributed by atoms with Crippen LogP contribution in [0.2, 0.25) is 0 Å². The summed E-state index contributed by atoms with van der Waals surface area (Å²) >= 11 is 0. The molecule has 8 heteroatoms. The lowest BCUT2D eigenvalue weighted by atomic mass is 10.3. The molecule has 0 aliphatic heterocycles. The first-order valence-corrected chi connectivity index (χ1v) is 5.78. The maximum absolute atomic E-state index is 13.2. The predicted molar refractivity (Wildman–Crippen MR) is 69.3 cm³/mol. The number of rotatable bonds is 5. The van der Waals surface area contributed by atoms with Gasteiger partial charge in [-0.05, 0) is 13.0 Å². The summed E-state index contributed by atoms with van der Waals surface area (Å²) < 4.78 is 18.4. The largest absolute Gasteiger partial charge is 0.430 e. The average molecular weight is 278 g/mol. The van der Waals surface area contributed by atoms with E-state index in [0.29, 0.717) is 12.4 Å². The summed E-state index contributed by atoms with van der Waals surface area (Å²) in [7, 11) is 0. The van der Waals surface area contributed by atoms with E-state index in [4.69, 9.17) is 4.74 Å². The fourth-order valence-electron chi connectivity index (χ4n) is 1.50. The molecule has 0 saturated heterocycles. The molecule has 0 amide bonds. The number of nitrogens with one attached hydrogen (secondary N) is 1. The van der Waals surface area contributed by atoms with E-state index >= 15 is 0 Å². The molecule has 2 rings (SSSR count). The molecule has 0 bridgehead atoms. The number of hydrogen-bond donors (Lipinski definition) is 1. The number of ether oxygens (including phenoxy) is 1. The van der Waals surface area contributed by atoms with E-state index in [-0.39, 0.29) is 17.3 Å². The smallest absolute Gasteiger partial charge is 0.311 e. The highest BCUT2D eigenvalue weighted by Gasteiger charge is 2.17. The lowest BCUT2D eigenvalue weighted by molar-refractivity contribution is -0.385. The summed E-state index contributed by atoms with van der Waals surface area (Å²) in [5, 5.41) is 13.8. The maximum Gasteiger partial charge on any atom is 0.311 e. The summed E-state index contributed by atoms with van der Waals surface area (Å²) in [5.41, 5.74) is -0.345. The van der Waals surface area contributed by atoms with Crippen molar-refractivity contribution in [1.82, 2.24) is 9.97 Å². The molecular weight excluding hydrogens is 267 g/mol. The van der Waals surface area contributed by atoms with Crippen molar-refractivity contribution >= 4 is 11.5 Å². The second-order valence-electron chi connectivity index (χ2n) is 3.74. The van der Waals surface area contributed by atoms with Gasteiger partial charge >= 0.3 is 5.69 Å². The van der Waals surface area contributed by atoms with Gasteiger partial charge < -0.3 is 10.1 Å². The van der Waals surface area contributed by atoms with Crippen molar-refractivity contribution in [3.05, 3.63) is 46.5 Å². The van der Waals surface area contributed by atoms with Gasteiger partial charge in [0.05, 0.1) is 17.3 Å². The van der Waals surface area contributed by atoms with Gasteiger partial charge in [-0.25, -0.2) is 4.39 Å². The van der Waals surface area contributed by atoms with Crippen LogP contribution >= 0.6 is 0 Å². The molecule has 1 N–H and O–H groups in total. The zero-order valence-electron chi connectivity index (χ0n) is 10.5. The second kappa shape index (κ2) is 5.91. The van der Waals surface area contributed by atoms with E-state index < -0.39 is 10.7 Å². The first-order chi connectivity index (χ1) is 9.60. The van der Waals surface area contributed by atoms with Gasteiger partial charge in [-0.3, -0.25) is 15.1 Å². The van der Waals surface area contributed by atoms with Crippen LogP contribution in [-0.2, 0) is 0 Å². The molecule has 0 atom stereocenters. The van der Waals surface area contributed by atoms with Crippen LogP contribution in [0.1, 0.15) is 6.92 Å². The Labute approximate surface area is 113 Å². The van der Waals surface area contributed by atoms with Crippen LogP contribution in [0.4, 0.5) is 15.9 Å². The van der Waals surface area contributed by atoms with Crippen molar-refractivity contribution in [2.45, 2.75) is 6.92 Å². The zero-order chi connectivity index (χ0) is 14.5. The van der Waals surface area contributed by atoms with E-state index in [1.807, 2.05) is 6.92 Å². The lowest BCUT2D eigenvalue weighted by Gasteiger charge is -2.07. The Morgan fingerprint density at radius 1 is 1.45 bits per heavy atom. The molecule has 0 aliphatic rings. The summed E-state index contributed by atoms with van der Waals surface area (Å²) in [5.74, 6) is -0.361. The molecule has 1 aromatic heterocycles. The van der Waals surface area contributed by atoms with Crippen LogP contribution in [0.15, 0.2) is 30.6 Å². The van der Waals surface area contributed by atoms with Crippen molar-refractivity contribution < 1.29 is 14.1 Å². The zero-order valence-corrected chi connectivity index (χ0v) is 10.5. The minimum Gasteiger partial charge on any atom is -0.430 e. The summed E-state index contributed by atoms with van der Waals surface area (Å²) in [4.78, 5) is 18.1. The number of anilines is 1. The Kier molecular flexibility index (Phi) is 4.04. The van der Waals surface area contributed by atoms with Crippen LogP contribution in [0.3, 0.4) is 0 Å². The fourth-order valence-corrected chi connectivity index (χ4v) is 1.50. The number of nitro groups is 1. The Morgan fingerprint density at radius 2 is 2.25 bits per heavy atom. The summed E-state index contributed by atoms with van der Waals surface area (Å²) in [6, 6.07) is 2.96. The normalized spacial score (nSPS) is 10.1. The van der Waals surface area contributed by atoms with Crippen LogP contribution in [-0.4, -0.2) is 21.4 Å². The molecule has 1 aromatic carbocycles. The van der Waals surface area contributed by atoms with Gasteiger partial charge in [-0.2, -0.15) is 4.98 Å². The van der Waals surface area contributed by atoms with E-state index in [1.54, 1.807) is 0 Å². The highest BCUT2D eigenvalue weighted by atomic mass is 19.1. The number of benzene rings is 1. The Morgan fingerprint density at radius 3 is 2.95 bits per heavy atom. The number of halogens is 1. The molecule has 0 saturated carbocycles. The third-order valence-corrected chi connectivity index (χ3v) is 2.30. The average Bonchev–Trinajstić information content (AvgIpc) is 2.39. The van der Waals surface area contributed by atoms with E-state index in [9.17, 15) is 14.5 Å². The van der Waals surface area contributed by atoms with Crippen molar-refractivity contribution in [2.24, 2.45) is 0 Å². The standard InChI is InChI=1S/C12H11FN4O3/c1-2-15-11-6-14-7-12(16-11)20-10-5-8(13)3-4-9(10)17(18)19/h3-7H,2H2,1H3,(H,15,16). The molecule has 104 valence electrons. The number of hydrogen-bond acceptors (Lipinski definition) is 6. The van der Waals surface area contributed by atoms with Crippen molar-refractivity contribution in [2.75, 3.05) is 11.9 Å². The number of nitro benzene ring substituents is 1. The van der Waals surface area contributed by atoms with Gasteiger partial charge in [0.15, 0.2) is 0 Å². The van der Waals surface area contributed by atoms with Crippen molar-refractivity contribution in [3.63, 3.8) is 0 Å². The Balaban J connectivity index is 2.31. The molecule has 0 radical (unpaired) electrons. The monoisotopic (exact) mass is 278 g/mol. The molecule has 1 heterocycles. The molecule has 7 nitrogen and oxygen atoms in total. The van der Waals surface area contributed by atoms with E-state index in [1.165, 1.54) is 12.4 Å². The minimum atomic E-state index is -0.656. The van der Waals surface area contributed by atoms with Gasteiger partial charge in [-0.1, -0.05) is 0 Å². The number of aromatic nitrogens is 2. The van der Waals surface area contributed by atoms with Crippen LogP contribution in [0.5, 0.6) is 11.6 Å². The quantitative estimate of drug-likeness (QED) is 0.668. The predicted octanol–water partition coefficient (Wildman–Crippen LogP) is 2.75. The van der Waals surface area contributed by atoms with E-state index in [0.717, 1.165) is 18.2 Å². The second-order valence-corrected chi connectivity index (χ2v) is 3.74. The van der Waals surface area contributed by atoms with Crippen molar-refractivity contribution in [3.8, 4) is 11.6 Å². The SMILES string of the molecule is CCNc1cncc(Oc2cc(F)ccc2[N+](=O)[O-])n1. The summed E-state index contributed by atoms with van der Waals surface area (Å²) in [6.07, 6.45) is 2.77. The fraction of sp³-hybridized carbons (Fsp3) is 0.167. The van der Waals surface area contributed by atoms with Gasteiger partial charge in [0.2, 0.25) is 11.6 Å². The number of nitrogens with zero attached hydrogens (tertiary/aromatic N) is 3. The first kappa shape index (κ1) is 13.7. The highest BCUT2D eigenvalue weighted by molar-refractivity contribution is 5.48. The first-order valence-electron chi connectivity index (χ1n) is 5.78. The maximum atomic E-state index is 13.2. The van der Waals surface area contributed by atoms with E-state index in [2.05, 4.69) is 15.3 Å². The Hall–Kier alpha value is -2.77. The topological polar surface area (TPSA) is 90.2 Å². The van der Waals surface area contributed by atoms with Gasteiger partial charge in [0.1, 0.15) is 11.6 Å². The molecule has 0 fully saturated rings. The minimum absolute atomic E-state index is 0.0390. The van der Waals surface area contributed by atoms with Gasteiger partial charge in [-0.15, -0.1) is 0 Å². The lowest BCUT2D eigenvalue weighted by Crippen LogP contribution is -2.01. The molecule has 0 spiro atoms. The van der Waals surface area contributed by atoms with Gasteiger partial charge in [0.25, 0.3) is 0 Å². The van der Waals surface area contributed by atoms with Crippen molar-refractivity contribution in [1.29, 1.82) is 0 Å². The van der Waals surface area contributed by atoms with Crippen LogP contribution < -0.4 is 10.1 Å². The molecule has 0 aliphatic carbocycles. The highest BCUT2D eigenvalue weighted by Crippen LogP contribution is 2.31. The molecule has 0 unspecified atom stereocenters. The molecule has 2 aromatic rings.